The Hall–Kier alpha value is -2.92. The Morgan fingerprint density at radius 3 is 2.61 bits per heavy atom. The molecule has 0 saturated carbocycles. The minimum absolute atomic E-state index is 0.175. The van der Waals surface area contributed by atoms with Gasteiger partial charge in [-0.25, -0.2) is 9.97 Å². The van der Waals surface area contributed by atoms with Crippen molar-refractivity contribution in [3.8, 4) is 0 Å². The SMILES string of the molecule is Cc1ccc(Cl)cc1NC(=O)c1ccnc(N(Cc2ccccc2)C(C)C)n1. The van der Waals surface area contributed by atoms with Gasteiger partial charge in [-0.2, -0.15) is 0 Å². The first-order chi connectivity index (χ1) is 13.4. The van der Waals surface area contributed by atoms with Gasteiger partial charge in [-0.1, -0.05) is 48.0 Å². The van der Waals surface area contributed by atoms with Crippen LogP contribution in [0.15, 0.2) is 60.8 Å². The molecular weight excluding hydrogens is 372 g/mol. The minimum atomic E-state index is -0.294. The highest BCUT2D eigenvalue weighted by atomic mass is 35.5. The van der Waals surface area contributed by atoms with Gasteiger partial charge in [0.15, 0.2) is 0 Å². The molecule has 0 spiro atoms. The molecule has 0 aliphatic carbocycles. The number of carbonyl (C=O) groups is 1. The van der Waals surface area contributed by atoms with Crippen LogP contribution in [0.5, 0.6) is 0 Å². The number of aromatic nitrogens is 2. The zero-order chi connectivity index (χ0) is 20.1. The number of nitrogens with zero attached hydrogens (tertiary/aromatic N) is 3. The summed E-state index contributed by atoms with van der Waals surface area (Å²) in [5, 5.41) is 3.45. The number of anilines is 2. The smallest absolute Gasteiger partial charge is 0.274 e. The van der Waals surface area contributed by atoms with E-state index in [-0.39, 0.29) is 11.9 Å². The Kier molecular flexibility index (Phi) is 6.26. The number of aryl methyl sites for hydroxylation is 1. The topological polar surface area (TPSA) is 58.1 Å². The summed E-state index contributed by atoms with van der Waals surface area (Å²) in [7, 11) is 0. The lowest BCUT2D eigenvalue weighted by atomic mass is 10.2. The lowest BCUT2D eigenvalue weighted by Gasteiger charge is -2.27. The van der Waals surface area contributed by atoms with Gasteiger partial charge in [0.2, 0.25) is 5.95 Å². The third-order valence-electron chi connectivity index (χ3n) is 4.40. The van der Waals surface area contributed by atoms with Crippen LogP contribution in [0.4, 0.5) is 11.6 Å². The summed E-state index contributed by atoms with van der Waals surface area (Å²) in [6, 6.07) is 17.3. The average Bonchev–Trinajstić information content (AvgIpc) is 2.69. The molecule has 2 aromatic carbocycles. The van der Waals surface area contributed by atoms with Crippen molar-refractivity contribution < 1.29 is 4.79 Å². The molecule has 1 heterocycles. The van der Waals surface area contributed by atoms with Crippen LogP contribution >= 0.6 is 11.6 Å². The highest BCUT2D eigenvalue weighted by molar-refractivity contribution is 6.31. The van der Waals surface area contributed by atoms with Crippen LogP contribution < -0.4 is 10.2 Å². The van der Waals surface area contributed by atoms with Gasteiger partial charge in [-0.3, -0.25) is 4.79 Å². The molecule has 3 rings (SSSR count). The van der Waals surface area contributed by atoms with E-state index >= 15 is 0 Å². The summed E-state index contributed by atoms with van der Waals surface area (Å²) < 4.78 is 0. The number of carbonyl (C=O) groups excluding carboxylic acids is 1. The summed E-state index contributed by atoms with van der Waals surface area (Å²) in [6.45, 7) is 6.73. The fraction of sp³-hybridized carbons (Fsp3) is 0.227. The summed E-state index contributed by atoms with van der Waals surface area (Å²) in [5.41, 5.74) is 3.06. The second-order valence-corrected chi connectivity index (χ2v) is 7.30. The van der Waals surface area contributed by atoms with Crippen LogP contribution in [-0.4, -0.2) is 21.9 Å². The third-order valence-corrected chi connectivity index (χ3v) is 4.63. The van der Waals surface area contributed by atoms with Crippen molar-refractivity contribution in [2.24, 2.45) is 0 Å². The van der Waals surface area contributed by atoms with Crippen LogP contribution in [0.1, 0.15) is 35.5 Å². The highest BCUT2D eigenvalue weighted by Crippen LogP contribution is 2.21. The van der Waals surface area contributed by atoms with E-state index in [4.69, 9.17) is 11.6 Å². The summed E-state index contributed by atoms with van der Waals surface area (Å²) in [5.74, 6) is 0.228. The number of nitrogens with one attached hydrogen (secondary N) is 1. The molecule has 6 heteroatoms. The zero-order valence-electron chi connectivity index (χ0n) is 16.2. The molecule has 0 bridgehead atoms. The van der Waals surface area contributed by atoms with Crippen molar-refractivity contribution in [2.75, 3.05) is 10.2 Å². The van der Waals surface area contributed by atoms with Crippen LogP contribution in [0.3, 0.4) is 0 Å². The molecule has 1 N–H and O–H groups in total. The Bertz CT molecular complexity index is 960. The van der Waals surface area contributed by atoms with E-state index in [1.807, 2.05) is 31.2 Å². The van der Waals surface area contributed by atoms with E-state index in [1.54, 1.807) is 24.4 Å². The number of halogens is 1. The molecule has 5 nitrogen and oxygen atoms in total. The fourth-order valence-corrected chi connectivity index (χ4v) is 2.96. The normalized spacial score (nSPS) is 10.8. The molecule has 0 atom stereocenters. The van der Waals surface area contributed by atoms with Gasteiger partial charge in [0.1, 0.15) is 5.69 Å². The molecule has 144 valence electrons. The van der Waals surface area contributed by atoms with E-state index in [2.05, 4.69) is 46.2 Å². The van der Waals surface area contributed by atoms with E-state index < -0.39 is 0 Å². The summed E-state index contributed by atoms with van der Waals surface area (Å²) in [4.78, 5) is 23.7. The quantitative estimate of drug-likeness (QED) is 0.631. The highest BCUT2D eigenvalue weighted by Gasteiger charge is 2.17. The maximum Gasteiger partial charge on any atom is 0.274 e. The van der Waals surface area contributed by atoms with E-state index in [0.717, 1.165) is 11.1 Å². The van der Waals surface area contributed by atoms with Crippen LogP contribution in [-0.2, 0) is 6.54 Å². The van der Waals surface area contributed by atoms with Crippen LogP contribution in [0.25, 0.3) is 0 Å². The van der Waals surface area contributed by atoms with Gasteiger partial charge in [0.05, 0.1) is 0 Å². The van der Waals surface area contributed by atoms with Crippen molar-refractivity contribution >= 4 is 29.1 Å². The van der Waals surface area contributed by atoms with E-state index in [1.165, 1.54) is 0 Å². The maximum atomic E-state index is 12.7. The van der Waals surface area contributed by atoms with Gasteiger partial charge in [0, 0.05) is 29.5 Å². The number of hydrogen-bond acceptors (Lipinski definition) is 4. The third kappa shape index (κ3) is 4.87. The number of hydrogen-bond donors (Lipinski definition) is 1. The van der Waals surface area contributed by atoms with Gasteiger partial charge < -0.3 is 10.2 Å². The standard InChI is InChI=1S/C22H23ClN4O/c1-15(2)27(14-17-7-5-4-6-8-17)22-24-12-11-19(26-22)21(28)25-20-13-18(23)10-9-16(20)3/h4-13,15H,14H2,1-3H3,(H,25,28). The zero-order valence-corrected chi connectivity index (χ0v) is 16.9. The van der Waals surface area contributed by atoms with Gasteiger partial charge in [0.25, 0.3) is 5.91 Å². The molecule has 0 aliphatic heterocycles. The first-order valence-corrected chi connectivity index (χ1v) is 9.53. The van der Waals surface area contributed by atoms with Crippen molar-refractivity contribution in [1.82, 2.24) is 9.97 Å². The van der Waals surface area contributed by atoms with Gasteiger partial charge >= 0.3 is 0 Å². The molecule has 1 aromatic heterocycles. The number of amides is 1. The molecule has 0 radical (unpaired) electrons. The summed E-state index contributed by atoms with van der Waals surface area (Å²) >= 11 is 6.04. The predicted octanol–water partition coefficient (Wildman–Crippen LogP) is 5.11. The Balaban J connectivity index is 1.83. The Morgan fingerprint density at radius 1 is 1.14 bits per heavy atom. The van der Waals surface area contributed by atoms with Crippen molar-refractivity contribution in [2.45, 2.75) is 33.4 Å². The molecule has 3 aromatic rings. The molecule has 0 fully saturated rings. The van der Waals surface area contributed by atoms with E-state index in [0.29, 0.717) is 28.9 Å². The fourth-order valence-electron chi connectivity index (χ4n) is 2.79. The van der Waals surface area contributed by atoms with Crippen LogP contribution in [0, 0.1) is 6.92 Å². The molecular formula is C22H23ClN4O. The Morgan fingerprint density at radius 2 is 1.89 bits per heavy atom. The summed E-state index contributed by atoms with van der Waals surface area (Å²) in [6.07, 6.45) is 1.61. The largest absolute Gasteiger partial charge is 0.334 e. The first-order valence-electron chi connectivity index (χ1n) is 9.15. The molecule has 1 amide bonds. The minimum Gasteiger partial charge on any atom is -0.334 e. The molecule has 0 aliphatic rings. The first kappa shape index (κ1) is 19.8. The predicted molar refractivity (Wildman–Crippen MR) is 114 cm³/mol. The van der Waals surface area contributed by atoms with Gasteiger partial charge in [-0.05, 0) is 50.1 Å². The number of benzene rings is 2. The lowest BCUT2D eigenvalue weighted by Crippen LogP contribution is -2.32. The molecule has 0 saturated heterocycles. The second kappa shape index (κ2) is 8.85. The molecule has 28 heavy (non-hydrogen) atoms. The lowest BCUT2D eigenvalue weighted by molar-refractivity contribution is 0.102. The van der Waals surface area contributed by atoms with Crippen LogP contribution in [0.2, 0.25) is 5.02 Å². The Labute approximate surface area is 170 Å². The maximum absolute atomic E-state index is 12.7. The number of rotatable bonds is 6. The van der Waals surface area contributed by atoms with Gasteiger partial charge in [-0.15, -0.1) is 0 Å². The second-order valence-electron chi connectivity index (χ2n) is 6.86. The monoisotopic (exact) mass is 394 g/mol. The van der Waals surface area contributed by atoms with Crippen molar-refractivity contribution in [1.29, 1.82) is 0 Å². The van der Waals surface area contributed by atoms with Crippen molar-refractivity contribution in [3.63, 3.8) is 0 Å². The van der Waals surface area contributed by atoms with E-state index in [9.17, 15) is 4.79 Å². The molecule has 0 unspecified atom stereocenters. The van der Waals surface area contributed by atoms with Crippen molar-refractivity contribution in [3.05, 3.63) is 82.6 Å². The average molecular weight is 395 g/mol.